The summed E-state index contributed by atoms with van der Waals surface area (Å²) in [6.45, 7) is 0.320. The zero-order valence-electron chi connectivity index (χ0n) is 16.1. The molecule has 0 aromatic heterocycles. The Bertz CT molecular complexity index is 884. The first kappa shape index (κ1) is 24.4. The van der Waals surface area contributed by atoms with Crippen molar-refractivity contribution in [2.24, 2.45) is 16.5 Å². The van der Waals surface area contributed by atoms with Gasteiger partial charge in [-0.15, -0.1) is 12.4 Å². The average molecular weight is 434 g/mol. The molecule has 0 heterocycles. The van der Waals surface area contributed by atoms with E-state index < -0.39 is 17.9 Å². The number of halogens is 1. The Morgan fingerprint density at radius 3 is 2.17 bits per heavy atom. The second-order valence-electron chi connectivity index (χ2n) is 6.21. The minimum absolute atomic E-state index is 0. The lowest BCUT2D eigenvalue weighted by Crippen LogP contribution is -2.44. The first-order valence-corrected chi connectivity index (χ1v) is 8.92. The van der Waals surface area contributed by atoms with E-state index in [1.807, 2.05) is 0 Å². The van der Waals surface area contributed by atoms with Crippen LogP contribution in [0.25, 0.3) is 0 Å². The van der Waals surface area contributed by atoms with Gasteiger partial charge in [0.1, 0.15) is 6.04 Å². The van der Waals surface area contributed by atoms with E-state index >= 15 is 0 Å². The van der Waals surface area contributed by atoms with Gasteiger partial charge in [-0.3, -0.25) is 14.6 Å². The number of hydrogen-bond donors (Lipinski definition) is 5. The predicted octanol–water partition coefficient (Wildman–Crippen LogP) is 1.60. The number of nitrogens with one attached hydrogen (secondary N) is 2. The van der Waals surface area contributed by atoms with Crippen LogP contribution in [0.15, 0.2) is 59.6 Å². The Morgan fingerprint density at radius 1 is 0.967 bits per heavy atom. The molecule has 2 aromatic carbocycles. The minimum Gasteiger partial charge on any atom is -0.478 e. The molecule has 0 aliphatic carbocycles. The summed E-state index contributed by atoms with van der Waals surface area (Å²) in [6.07, 6.45) is 0.789. The van der Waals surface area contributed by atoms with E-state index in [0.29, 0.717) is 30.6 Å². The van der Waals surface area contributed by atoms with Crippen molar-refractivity contribution in [2.75, 3.05) is 11.9 Å². The molecule has 0 aliphatic rings. The molecule has 0 saturated carbocycles. The molecule has 160 valence electrons. The number of hydrogen-bond acceptors (Lipinski definition) is 4. The summed E-state index contributed by atoms with van der Waals surface area (Å²) in [5, 5.41) is 14.3. The maximum Gasteiger partial charge on any atom is 0.335 e. The van der Waals surface area contributed by atoms with Gasteiger partial charge in [-0.05, 0) is 49.2 Å². The summed E-state index contributed by atoms with van der Waals surface area (Å²) < 4.78 is 0. The van der Waals surface area contributed by atoms with Gasteiger partial charge in [-0.25, -0.2) is 4.79 Å². The molecule has 2 amide bonds. The molecular formula is C20H24ClN5O4. The zero-order chi connectivity index (χ0) is 21.2. The van der Waals surface area contributed by atoms with Crippen LogP contribution in [0, 0.1) is 0 Å². The quantitative estimate of drug-likeness (QED) is 0.229. The average Bonchev–Trinajstić information content (AvgIpc) is 2.71. The van der Waals surface area contributed by atoms with Crippen molar-refractivity contribution in [1.29, 1.82) is 0 Å². The van der Waals surface area contributed by atoms with Crippen LogP contribution >= 0.6 is 12.4 Å². The van der Waals surface area contributed by atoms with Crippen molar-refractivity contribution in [2.45, 2.75) is 18.9 Å². The molecule has 0 fully saturated rings. The number of carboxylic acids is 1. The monoisotopic (exact) mass is 433 g/mol. The highest BCUT2D eigenvalue weighted by molar-refractivity contribution is 6.01. The molecule has 2 aromatic rings. The molecule has 2 rings (SSSR count). The topological polar surface area (TPSA) is 160 Å². The number of benzene rings is 2. The van der Waals surface area contributed by atoms with Gasteiger partial charge >= 0.3 is 5.97 Å². The number of carbonyl (C=O) groups excluding carboxylic acids is 2. The van der Waals surface area contributed by atoms with Crippen molar-refractivity contribution in [3.8, 4) is 0 Å². The largest absolute Gasteiger partial charge is 0.478 e. The fourth-order valence-corrected chi connectivity index (χ4v) is 2.53. The number of amides is 2. The van der Waals surface area contributed by atoms with Crippen LogP contribution in [0.3, 0.4) is 0 Å². The van der Waals surface area contributed by atoms with Crippen LogP contribution in [0.1, 0.15) is 33.6 Å². The molecule has 30 heavy (non-hydrogen) atoms. The van der Waals surface area contributed by atoms with E-state index in [9.17, 15) is 14.4 Å². The number of aromatic carboxylic acids is 1. The molecule has 0 aliphatic heterocycles. The third-order valence-electron chi connectivity index (χ3n) is 4.00. The number of anilines is 1. The Morgan fingerprint density at radius 2 is 1.60 bits per heavy atom. The Hall–Kier alpha value is -3.59. The molecule has 10 heteroatoms. The number of aliphatic imine (C=N–C) groups is 1. The normalized spacial score (nSPS) is 10.8. The number of nitrogens with zero attached hydrogens (tertiary/aromatic N) is 1. The van der Waals surface area contributed by atoms with Gasteiger partial charge < -0.3 is 27.2 Å². The van der Waals surface area contributed by atoms with E-state index in [1.165, 1.54) is 24.3 Å². The van der Waals surface area contributed by atoms with Gasteiger partial charge in [0.25, 0.3) is 5.91 Å². The van der Waals surface area contributed by atoms with Gasteiger partial charge in [0.15, 0.2) is 5.96 Å². The number of rotatable bonds is 9. The summed E-state index contributed by atoms with van der Waals surface area (Å²) in [5.74, 6) is -1.91. The Kier molecular flexibility index (Phi) is 9.84. The van der Waals surface area contributed by atoms with Crippen LogP contribution in [0.4, 0.5) is 5.69 Å². The van der Waals surface area contributed by atoms with Gasteiger partial charge in [0.05, 0.1) is 5.56 Å². The van der Waals surface area contributed by atoms with E-state index in [-0.39, 0.29) is 29.8 Å². The van der Waals surface area contributed by atoms with Crippen LogP contribution in [0.5, 0.6) is 0 Å². The maximum absolute atomic E-state index is 12.7. The first-order valence-electron chi connectivity index (χ1n) is 8.92. The highest BCUT2D eigenvalue weighted by Crippen LogP contribution is 2.12. The van der Waals surface area contributed by atoms with E-state index in [2.05, 4.69) is 15.6 Å². The van der Waals surface area contributed by atoms with Crippen LogP contribution < -0.4 is 22.1 Å². The summed E-state index contributed by atoms with van der Waals surface area (Å²) in [6, 6.07) is 13.5. The van der Waals surface area contributed by atoms with Crippen LogP contribution in [-0.4, -0.2) is 41.4 Å². The van der Waals surface area contributed by atoms with Crippen molar-refractivity contribution in [3.05, 3.63) is 65.7 Å². The molecule has 1 atom stereocenters. The number of carboxylic acid groups (broad SMARTS) is 1. The third kappa shape index (κ3) is 7.80. The van der Waals surface area contributed by atoms with Gasteiger partial charge in [0, 0.05) is 17.8 Å². The van der Waals surface area contributed by atoms with E-state index in [0.717, 1.165) is 0 Å². The van der Waals surface area contributed by atoms with Crippen LogP contribution in [-0.2, 0) is 4.79 Å². The fourth-order valence-electron chi connectivity index (χ4n) is 2.53. The zero-order valence-corrected chi connectivity index (χ0v) is 16.9. The van der Waals surface area contributed by atoms with E-state index in [1.54, 1.807) is 30.3 Å². The van der Waals surface area contributed by atoms with Crippen molar-refractivity contribution in [1.82, 2.24) is 5.32 Å². The van der Waals surface area contributed by atoms with Crippen molar-refractivity contribution < 1.29 is 19.5 Å². The number of guanidine groups is 1. The second kappa shape index (κ2) is 12.1. The highest BCUT2D eigenvalue weighted by Gasteiger charge is 2.21. The summed E-state index contributed by atoms with van der Waals surface area (Å²) >= 11 is 0. The SMILES string of the molecule is Cl.NC(N)=NCCC[C@H](NC(=O)c1ccccc1)C(=O)Nc1ccc(C(=O)O)cc1. The van der Waals surface area contributed by atoms with Gasteiger partial charge in [0.2, 0.25) is 5.91 Å². The lowest BCUT2D eigenvalue weighted by molar-refractivity contribution is -0.118. The van der Waals surface area contributed by atoms with Crippen molar-refractivity contribution in [3.63, 3.8) is 0 Å². The molecule has 0 unspecified atom stereocenters. The molecule has 0 saturated heterocycles. The summed E-state index contributed by atoms with van der Waals surface area (Å²) in [5.41, 5.74) is 11.6. The fraction of sp³-hybridized carbons (Fsp3) is 0.200. The van der Waals surface area contributed by atoms with Gasteiger partial charge in [-0.1, -0.05) is 18.2 Å². The highest BCUT2D eigenvalue weighted by atomic mass is 35.5. The third-order valence-corrected chi connectivity index (χ3v) is 4.00. The molecule has 9 nitrogen and oxygen atoms in total. The predicted molar refractivity (Wildman–Crippen MR) is 117 cm³/mol. The number of nitrogens with two attached hydrogens (primary N) is 2. The maximum atomic E-state index is 12.7. The lowest BCUT2D eigenvalue weighted by Gasteiger charge is -2.18. The Balaban J connectivity index is 0.00000450. The molecular weight excluding hydrogens is 410 g/mol. The van der Waals surface area contributed by atoms with Crippen molar-refractivity contribution >= 4 is 41.8 Å². The van der Waals surface area contributed by atoms with Gasteiger partial charge in [-0.2, -0.15) is 0 Å². The van der Waals surface area contributed by atoms with Crippen LogP contribution in [0.2, 0.25) is 0 Å². The molecule has 0 bridgehead atoms. The first-order chi connectivity index (χ1) is 13.9. The number of carbonyl (C=O) groups is 3. The smallest absolute Gasteiger partial charge is 0.335 e. The molecule has 7 N–H and O–H groups in total. The molecule has 0 spiro atoms. The lowest BCUT2D eigenvalue weighted by atomic mass is 10.1. The van der Waals surface area contributed by atoms with E-state index in [4.69, 9.17) is 16.6 Å². The summed E-state index contributed by atoms with van der Waals surface area (Å²) in [4.78, 5) is 40.0. The standard InChI is InChI=1S/C20H23N5O4.ClH/c21-20(22)23-12-4-7-16(25-17(26)13-5-2-1-3-6-13)18(27)24-15-10-8-14(9-11-15)19(28)29;/h1-3,5-6,8-11,16H,4,7,12H2,(H,24,27)(H,25,26)(H,28,29)(H4,21,22,23);1H/t16-;/m0./s1. The minimum atomic E-state index is -1.06. The summed E-state index contributed by atoms with van der Waals surface area (Å²) in [7, 11) is 0. The molecule has 0 radical (unpaired) electrons. The Labute approximate surface area is 180 Å². The second-order valence-corrected chi connectivity index (χ2v) is 6.21.